The van der Waals surface area contributed by atoms with Gasteiger partial charge in [0.25, 0.3) is 0 Å². The normalized spacial score (nSPS) is 16.0. The summed E-state index contributed by atoms with van der Waals surface area (Å²) in [4.78, 5) is 11.4. The minimum atomic E-state index is 0.246. The number of nitrogens with zero attached hydrogens (tertiary/aromatic N) is 3. The quantitative estimate of drug-likeness (QED) is 0.579. The van der Waals surface area contributed by atoms with Crippen LogP contribution in [0.15, 0.2) is 40.7 Å². The second-order valence-electron chi connectivity index (χ2n) is 7.06. The van der Waals surface area contributed by atoms with Crippen LogP contribution in [0.25, 0.3) is 0 Å². The molecule has 0 radical (unpaired) electrons. The lowest BCUT2D eigenvalue weighted by atomic mass is 9.64. The fourth-order valence-electron chi connectivity index (χ4n) is 3.29. The highest BCUT2D eigenvalue weighted by molar-refractivity contribution is 7.13. The molecule has 1 fully saturated rings. The van der Waals surface area contributed by atoms with Crippen molar-refractivity contribution in [2.75, 3.05) is 32.1 Å². The van der Waals surface area contributed by atoms with Crippen LogP contribution in [0.2, 0.25) is 0 Å². The van der Waals surface area contributed by atoms with Gasteiger partial charge in [0.1, 0.15) is 0 Å². The molecule has 3 rings (SSSR count). The van der Waals surface area contributed by atoms with E-state index in [-0.39, 0.29) is 5.41 Å². The van der Waals surface area contributed by atoms with Gasteiger partial charge in [-0.25, -0.2) is 9.98 Å². The van der Waals surface area contributed by atoms with Crippen LogP contribution in [0.4, 0.5) is 5.13 Å². The number of hydrogen-bond acceptors (Lipinski definition) is 4. The summed E-state index contributed by atoms with van der Waals surface area (Å²) in [5.74, 6) is 0.870. The molecule has 0 spiro atoms. The number of aliphatic imine (C=N–C) groups is 1. The van der Waals surface area contributed by atoms with Crippen molar-refractivity contribution in [1.82, 2.24) is 15.6 Å². The van der Waals surface area contributed by atoms with Crippen molar-refractivity contribution in [3.8, 4) is 0 Å². The molecule has 2 aromatic rings. The van der Waals surface area contributed by atoms with Gasteiger partial charge in [-0.15, -0.1) is 11.3 Å². The van der Waals surface area contributed by atoms with E-state index in [1.54, 1.807) is 11.3 Å². The number of rotatable bonds is 7. The molecule has 1 saturated carbocycles. The zero-order valence-electron chi connectivity index (χ0n) is 16.0. The molecule has 140 valence electrons. The van der Waals surface area contributed by atoms with Gasteiger partial charge < -0.3 is 15.5 Å². The summed E-state index contributed by atoms with van der Waals surface area (Å²) in [6.45, 7) is 4.46. The number of benzene rings is 1. The fourth-order valence-corrected chi connectivity index (χ4v) is 4.04. The van der Waals surface area contributed by atoms with Gasteiger partial charge in [-0.1, -0.05) is 36.8 Å². The van der Waals surface area contributed by atoms with E-state index in [1.165, 1.54) is 24.8 Å². The largest absolute Gasteiger partial charge is 0.357 e. The Morgan fingerprint density at radius 2 is 2.00 bits per heavy atom. The van der Waals surface area contributed by atoms with E-state index in [1.807, 2.05) is 19.0 Å². The standard InChI is InChI=1S/C20H29N5S/c1-4-21-18(22-13-17-14-26-19(24-17)25(2)3)23-15-20(11-8-12-20)16-9-6-5-7-10-16/h5-7,9-10,14H,4,8,11-13,15H2,1-3H3,(H2,21,22,23). The summed E-state index contributed by atoms with van der Waals surface area (Å²) in [6, 6.07) is 10.9. The van der Waals surface area contributed by atoms with E-state index in [9.17, 15) is 0 Å². The Balaban J connectivity index is 1.64. The Labute approximate surface area is 160 Å². The molecule has 1 aliphatic carbocycles. The fraction of sp³-hybridized carbons (Fsp3) is 0.500. The predicted molar refractivity (Wildman–Crippen MR) is 111 cm³/mol. The highest BCUT2D eigenvalue weighted by Gasteiger charge is 2.38. The zero-order chi connectivity index (χ0) is 18.4. The number of nitrogens with one attached hydrogen (secondary N) is 2. The SMILES string of the molecule is CCNC(=NCc1csc(N(C)C)n1)NCC1(c2ccccc2)CCC1. The summed E-state index contributed by atoms with van der Waals surface area (Å²) in [7, 11) is 4.03. The third-order valence-electron chi connectivity index (χ3n) is 4.96. The van der Waals surface area contributed by atoms with Crippen LogP contribution in [0.3, 0.4) is 0 Å². The van der Waals surface area contributed by atoms with Crippen LogP contribution in [-0.2, 0) is 12.0 Å². The molecule has 6 heteroatoms. The van der Waals surface area contributed by atoms with Crippen molar-refractivity contribution < 1.29 is 0 Å². The molecule has 1 heterocycles. The molecule has 0 aliphatic heterocycles. The minimum Gasteiger partial charge on any atom is -0.357 e. The van der Waals surface area contributed by atoms with E-state index in [0.29, 0.717) is 6.54 Å². The number of aromatic nitrogens is 1. The first-order valence-electron chi connectivity index (χ1n) is 9.32. The smallest absolute Gasteiger partial charge is 0.191 e. The first-order valence-corrected chi connectivity index (χ1v) is 10.2. The van der Waals surface area contributed by atoms with Crippen LogP contribution in [0, 0.1) is 0 Å². The van der Waals surface area contributed by atoms with Crippen LogP contribution in [-0.4, -0.2) is 38.1 Å². The summed E-state index contributed by atoms with van der Waals surface area (Å²) in [5.41, 5.74) is 2.69. The Morgan fingerprint density at radius 3 is 2.58 bits per heavy atom. The van der Waals surface area contributed by atoms with Gasteiger partial charge >= 0.3 is 0 Å². The number of thiazole rings is 1. The van der Waals surface area contributed by atoms with Crippen molar-refractivity contribution in [3.05, 3.63) is 47.0 Å². The lowest BCUT2D eigenvalue weighted by Crippen LogP contribution is -2.48. The highest BCUT2D eigenvalue weighted by atomic mass is 32.1. The topological polar surface area (TPSA) is 52.6 Å². The molecule has 5 nitrogen and oxygen atoms in total. The van der Waals surface area contributed by atoms with Crippen molar-refractivity contribution in [3.63, 3.8) is 0 Å². The third-order valence-corrected chi connectivity index (χ3v) is 6.01. The maximum Gasteiger partial charge on any atom is 0.191 e. The number of anilines is 1. The molecular formula is C20H29N5S. The van der Waals surface area contributed by atoms with Crippen molar-refractivity contribution in [1.29, 1.82) is 0 Å². The second-order valence-corrected chi connectivity index (χ2v) is 7.90. The van der Waals surface area contributed by atoms with Gasteiger partial charge in [-0.05, 0) is 25.3 Å². The summed E-state index contributed by atoms with van der Waals surface area (Å²) in [5, 5.41) is 10.0. The van der Waals surface area contributed by atoms with E-state index in [4.69, 9.17) is 4.99 Å². The maximum absolute atomic E-state index is 4.73. The van der Waals surface area contributed by atoms with Gasteiger partial charge in [0.2, 0.25) is 0 Å². The summed E-state index contributed by atoms with van der Waals surface area (Å²) in [6.07, 6.45) is 3.78. The molecule has 0 unspecified atom stereocenters. The van der Waals surface area contributed by atoms with Gasteiger partial charge in [0, 0.05) is 38.0 Å². The predicted octanol–water partition coefficient (Wildman–Crippen LogP) is 3.39. The molecule has 1 aliphatic rings. The average Bonchev–Trinajstić information content (AvgIpc) is 3.09. The Morgan fingerprint density at radius 1 is 1.23 bits per heavy atom. The highest BCUT2D eigenvalue weighted by Crippen LogP contribution is 2.43. The van der Waals surface area contributed by atoms with Gasteiger partial charge in [-0.3, -0.25) is 0 Å². The number of hydrogen-bond donors (Lipinski definition) is 2. The molecule has 0 bridgehead atoms. The van der Waals surface area contributed by atoms with Gasteiger partial charge in [0.05, 0.1) is 12.2 Å². The minimum absolute atomic E-state index is 0.246. The van der Waals surface area contributed by atoms with E-state index in [2.05, 4.69) is 58.3 Å². The molecule has 2 N–H and O–H groups in total. The van der Waals surface area contributed by atoms with Crippen LogP contribution >= 0.6 is 11.3 Å². The monoisotopic (exact) mass is 371 g/mol. The van der Waals surface area contributed by atoms with Crippen LogP contribution < -0.4 is 15.5 Å². The number of guanidine groups is 1. The average molecular weight is 372 g/mol. The van der Waals surface area contributed by atoms with Crippen LogP contribution in [0.5, 0.6) is 0 Å². The summed E-state index contributed by atoms with van der Waals surface area (Å²) < 4.78 is 0. The Kier molecular flexibility index (Phi) is 6.14. The van der Waals surface area contributed by atoms with E-state index < -0.39 is 0 Å². The van der Waals surface area contributed by atoms with Gasteiger partial charge in [0.15, 0.2) is 11.1 Å². The van der Waals surface area contributed by atoms with Crippen LogP contribution in [0.1, 0.15) is 37.4 Å². The Hall–Kier alpha value is -2.08. The Bertz CT molecular complexity index is 719. The van der Waals surface area contributed by atoms with E-state index >= 15 is 0 Å². The molecule has 1 aromatic carbocycles. The lowest BCUT2D eigenvalue weighted by Gasteiger charge is -2.43. The molecule has 0 atom stereocenters. The van der Waals surface area contributed by atoms with E-state index in [0.717, 1.165) is 29.9 Å². The zero-order valence-corrected chi connectivity index (χ0v) is 16.8. The first kappa shape index (κ1) is 18.7. The van der Waals surface area contributed by atoms with Crippen molar-refractivity contribution >= 4 is 22.4 Å². The van der Waals surface area contributed by atoms with Crippen molar-refractivity contribution in [2.24, 2.45) is 4.99 Å². The maximum atomic E-state index is 4.73. The molecular weight excluding hydrogens is 342 g/mol. The van der Waals surface area contributed by atoms with Crippen molar-refractivity contribution in [2.45, 2.75) is 38.1 Å². The summed E-state index contributed by atoms with van der Waals surface area (Å²) >= 11 is 1.66. The molecule has 26 heavy (non-hydrogen) atoms. The third kappa shape index (κ3) is 4.36. The second kappa shape index (κ2) is 8.54. The molecule has 0 saturated heterocycles. The lowest BCUT2D eigenvalue weighted by molar-refractivity contribution is 0.244. The first-order chi connectivity index (χ1) is 12.6. The molecule has 0 amide bonds. The van der Waals surface area contributed by atoms with Gasteiger partial charge in [-0.2, -0.15) is 0 Å². The molecule has 1 aromatic heterocycles.